The maximum Gasteiger partial charge on any atom is 0.106 e. The summed E-state index contributed by atoms with van der Waals surface area (Å²) < 4.78 is -0.00579. The molecule has 0 spiro atoms. The minimum atomic E-state index is -0.00579. The molecule has 0 bridgehead atoms. The molecule has 0 aromatic rings. The van der Waals surface area contributed by atoms with Crippen LogP contribution in [0.1, 0.15) is 27.2 Å². The predicted molar refractivity (Wildman–Crippen MR) is 44.9 cm³/mol. The van der Waals surface area contributed by atoms with Gasteiger partial charge in [-0.05, 0) is 12.3 Å². The van der Waals surface area contributed by atoms with Crippen molar-refractivity contribution in [1.82, 2.24) is 0 Å². The first-order valence-corrected chi connectivity index (χ1v) is 4.58. The van der Waals surface area contributed by atoms with Gasteiger partial charge in [0.2, 0.25) is 0 Å². The summed E-state index contributed by atoms with van der Waals surface area (Å²) in [5.74, 6) is 0.616. The fourth-order valence-electron chi connectivity index (χ4n) is 1.16. The van der Waals surface area contributed by atoms with E-state index in [1.54, 1.807) is 0 Å². The van der Waals surface area contributed by atoms with Crippen molar-refractivity contribution < 1.29 is 0 Å². The molecule has 0 aliphatic heterocycles. The largest absolute Gasteiger partial charge is 0.197 e. The molecule has 1 saturated carbocycles. The minimum absolute atomic E-state index is 0.00579. The highest BCUT2D eigenvalue weighted by Gasteiger charge is 2.52. The highest BCUT2D eigenvalue weighted by atomic mass is 32.2. The Bertz CT molecular complexity index is 171. The molecule has 0 saturated heterocycles. The van der Waals surface area contributed by atoms with Gasteiger partial charge in [0, 0.05) is 5.25 Å². The summed E-state index contributed by atoms with van der Waals surface area (Å²) in [6.07, 6.45) is 1.09. The molecule has 1 aliphatic carbocycles. The molecule has 0 heterocycles. The van der Waals surface area contributed by atoms with Crippen LogP contribution in [0.4, 0.5) is 0 Å². The molecule has 2 heteroatoms. The van der Waals surface area contributed by atoms with Gasteiger partial charge in [-0.15, -0.1) is 11.8 Å². The van der Waals surface area contributed by atoms with Gasteiger partial charge in [0.1, 0.15) is 4.75 Å². The lowest BCUT2D eigenvalue weighted by Crippen LogP contribution is -2.05. The molecule has 2 unspecified atom stereocenters. The molecule has 1 fully saturated rings. The van der Waals surface area contributed by atoms with Gasteiger partial charge in [-0.1, -0.05) is 20.8 Å². The Balaban J connectivity index is 2.47. The first-order valence-electron chi connectivity index (χ1n) is 3.70. The van der Waals surface area contributed by atoms with Crippen molar-refractivity contribution in [3.63, 3.8) is 0 Å². The molecular weight excluding hydrogens is 142 g/mol. The zero-order valence-electron chi connectivity index (χ0n) is 6.72. The van der Waals surface area contributed by atoms with Gasteiger partial charge in [-0.2, -0.15) is 5.26 Å². The number of thioether (sulfide) groups is 1. The third-order valence-electron chi connectivity index (χ3n) is 1.88. The monoisotopic (exact) mass is 155 g/mol. The van der Waals surface area contributed by atoms with Crippen molar-refractivity contribution in [1.29, 1.82) is 5.26 Å². The summed E-state index contributed by atoms with van der Waals surface area (Å²) in [5.41, 5.74) is 0. The zero-order chi connectivity index (χ0) is 7.78. The lowest BCUT2D eigenvalue weighted by Gasteiger charge is -2.08. The molecule has 0 aromatic carbocycles. The van der Waals surface area contributed by atoms with Crippen LogP contribution in [-0.2, 0) is 0 Å². The van der Waals surface area contributed by atoms with Gasteiger partial charge in [0.15, 0.2) is 0 Å². The molecule has 1 aliphatic rings. The van der Waals surface area contributed by atoms with Crippen LogP contribution in [0.3, 0.4) is 0 Å². The first-order chi connectivity index (χ1) is 4.60. The molecule has 0 N–H and O–H groups in total. The second kappa shape index (κ2) is 2.47. The Labute approximate surface area is 66.8 Å². The summed E-state index contributed by atoms with van der Waals surface area (Å²) in [6.45, 7) is 6.45. The highest BCUT2D eigenvalue weighted by molar-refractivity contribution is 8.01. The fourth-order valence-corrected chi connectivity index (χ4v) is 2.64. The predicted octanol–water partition coefficient (Wildman–Crippen LogP) is 2.43. The second-order valence-corrected chi connectivity index (χ2v) is 5.18. The first kappa shape index (κ1) is 7.94. The SMILES string of the molecule is CC(C)SC1(C#N)CC1C. The van der Waals surface area contributed by atoms with Crippen LogP contribution in [0.25, 0.3) is 0 Å². The van der Waals surface area contributed by atoms with Gasteiger partial charge in [-0.25, -0.2) is 0 Å². The molecule has 1 rings (SSSR count). The van der Waals surface area contributed by atoms with Gasteiger partial charge >= 0.3 is 0 Å². The molecule has 1 nitrogen and oxygen atoms in total. The van der Waals surface area contributed by atoms with Crippen molar-refractivity contribution in [2.45, 2.75) is 37.2 Å². The zero-order valence-corrected chi connectivity index (χ0v) is 7.53. The van der Waals surface area contributed by atoms with Gasteiger partial charge in [-0.3, -0.25) is 0 Å². The van der Waals surface area contributed by atoms with Gasteiger partial charge in [0.05, 0.1) is 6.07 Å². The maximum absolute atomic E-state index is 8.80. The van der Waals surface area contributed by atoms with E-state index < -0.39 is 0 Å². The quantitative estimate of drug-likeness (QED) is 0.611. The Morgan fingerprint density at radius 2 is 2.20 bits per heavy atom. The van der Waals surface area contributed by atoms with Crippen molar-refractivity contribution in [3.8, 4) is 6.07 Å². The standard InChI is InChI=1S/C8H13NS/c1-6(2)10-8(5-9)4-7(8)3/h6-7H,4H2,1-3H3. The maximum atomic E-state index is 8.80. The Kier molecular flexibility index (Phi) is 1.96. The van der Waals surface area contributed by atoms with Crippen molar-refractivity contribution in [2.24, 2.45) is 5.92 Å². The van der Waals surface area contributed by atoms with Crippen LogP contribution in [0, 0.1) is 17.2 Å². The molecule has 56 valence electrons. The summed E-state index contributed by atoms with van der Waals surface area (Å²) >= 11 is 1.81. The topological polar surface area (TPSA) is 23.8 Å². The smallest absolute Gasteiger partial charge is 0.106 e. The number of nitriles is 1. The number of rotatable bonds is 2. The van der Waals surface area contributed by atoms with Crippen LogP contribution in [-0.4, -0.2) is 10.00 Å². The van der Waals surface area contributed by atoms with Crippen molar-refractivity contribution in [3.05, 3.63) is 0 Å². The highest BCUT2D eigenvalue weighted by Crippen LogP contribution is 2.54. The van der Waals surface area contributed by atoms with E-state index in [0.717, 1.165) is 6.42 Å². The summed E-state index contributed by atoms with van der Waals surface area (Å²) in [6, 6.07) is 2.40. The van der Waals surface area contributed by atoms with E-state index in [0.29, 0.717) is 11.2 Å². The van der Waals surface area contributed by atoms with Gasteiger partial charge in [0.25, 0.3) is 0 Å². The minimum Gasteiger partial charge on any atom is -0.197 e. The summed E-state index contributed by atoms with van der Waals surface area (Å²) in [4.78, 5) is 0. The third kappa shape index (κ3) is 1.29. The van der Waals surface area contributed by atoms with E-state index in [-0.39, 0.29) is 4.75 Å². The van der Waals surface area contributed by atoms with Crippen LogP contribution in [0.2, 0.25) is 0 Å². The van der Waals surface area contributed by atoms with Crippen LogP contribution in [0.15, 0.2) is 0 Å². The van der Waals surface area contributed by atoms with Crippen LogP contribution >= 0.6 is 11.8 Å². The van der Waals surface area contributed by atoms with Crippen molar-refractivity contribution >= 4 is 11.8 Å². The number of hydrogen-bond acceptors (Lipinski definition) is 2. The second-order valence-electron chi connectivity index (χ2n) is 3.27. The van der Waals surface area contributed by atoms with Crippen LogP contribution < -0.4 is 0 Å². The third-order valence-corrected chi connectivity index (χ3v) is 3.43. The summed E-state index contributed by atoms with van der Waals surface area (Å²) in [7, 11) is 0. The van der Waals surface area contributed by atoms with Crippen LogP contribution in [0.5, 0.6) is 0 Å². The van der Waals surface area contributed by atoms with Gasteiger partial charge < -0.3 is 0 Å². The molecule has 10 heavy (non-hydrogen) atoms. The number of nitrogens with zero attached hydrogens (tertiary/aromatic N) is 1. The van der Waals surface area contributed by atoms with E-state index in [9.17, 15) is 0 Å². The molecular formula is C8H13NS. The normalized spacial score (nSPS) is 37.7. The van der Waals surface area contributed by atoms with E-state index in [2.05, 4.69) is 26.8 Å². The van der Waals surface area contributed by atoms with E-state index in [1.165, 1.54) is 0 Å². The molecule has 2 atom stereocenters. The molecule has 0 aromatic heterocycles. The Morgan fingerprint density at radius 1 is 1.70 bits per heavy atom. The number of hydrogen-bond donors (Lipinski definition) is 0. The lowest BCUT2D eigenvalue weighted by atomic mass is 10.4. The average molecular weight is 155 g/mol. The average Bonchev–Trinajstić information content (AvgIpc) is 2.42. The molecule has 0 radical (unpaired) electrons. The Hall–Kier alpha value is -0.160. The summed E-state index contributed by atoms with van der Waals surface area (Å²) in [5, 5.41) is 9.39. The lowest BCUT2D eigenvalue weighted by molar-refractivity contribution is 0.929. The fraction of sp³-hybridized carbons (Fsp3) is 0.875. The molecule has 0 amide bonds. The van der Waals surface area contributed by atoms with E-state index >= 15 is 0 Å². The van der Waals surface area contributed by atoms with E-state index in [1.807, 2.05) is 11.8 Å². The Morgan fingerprint density at radius 3 is 2.30 bits per heavy atom. The van der Waals surface area contributed by atoms with Crippen molar-refractivity contribution in [2.75, 3.05) is 0 Å². The van der Waals surface area contributed by atoms with E-state index in [4.69, 9.17) is 5.26 Å².